The van der Waals surface area contributed by atoms with E-state index >= 15 is 0 Å². The van der Waals surface area contributed by atoms with Gasteiger partial charge in [-0.05, 0) is 28.7 Å². The van der Waals surface area contributed by atoms with E-state index in [1.807, 2.05) is 47.6 Å². The third kappa shape index (κ3) is 1.77. The number of nitrogens with zero attached hydrogens (tertiary/aromatic N) is 2. The zero-order valence-electron chi connectivity index (χ0n) is 10.8. The minimum atomic E-state index is 0.911. The Kier molecular flexibility index (Phi) is 2.52. The van der Waals surface area contributed by atoms with Gasteiger partial charge in [-0.2, -0.15) is 0 Å². The summed E-state index contributed by atoms with van der Waals surface area (Å²) in [5, 5.41) is 2.32. The first-order valence-electron chi connectivity index (χ1n) is 6.59. The van der Waals surface area contributed by atoms with E-state index in [1.54, 1.807) is 0 Å². The van der Waals surface area contributed by atoms with E-state index in [0.29, 0.717) is 0 Å². The van der Waals surface area contributed by atoms with Crippen molar-refractivity contribution in [3.05, 3.63) is 84.7 Å². The second kappa shape index (κ2) is 4.49. The summed E-state index contributed by atoms with van der Waals surface area (Å²) in [6.45, 7) is 3.39. The lowest BCUT2D eigenvalue weighted by atomic mass is 10.0. The molecule has 0 N–H and O–H groups in total. The number of pyridine rings is 1. The van der Waals surface area contributed by atoms with Gasteiger partial charge in [0.05, 0.1) is 0 Å². The van der Waals surface area contributed by atoms with E-state index in [-0.39, 0.29) is 0 Å². The molecule has 2 radical (unpaired) electrons. The van der Waals surface area contributed by atoms with E-state index in [1.165, 1.54) is 10.9 Å². The van der Waals surface area contributed by atoms with Crippen LogP contribution < -0.4 is 4.90 Å². The molecule has 20 heavy (non-hydrogen) atoms. The molecule has 0 bridgehead atoms. The molecule has 0 amide bonds. The monoisotopic (exact) mass is 256 g/mol. The number of rotatable bonds is 1. The number of hydrogen-bond donors (Lipinski definition) is 0. The Labute approximate surface area is 118 Å². The minimum absolute atomic E-state index is 0.911. The molecule has 1 aliphatic heterocycles. The van der Waals surface area contributed by atoms with Gasteiger partial charge in [-0.15, -0.1) is 0 Å². The van der Waals surface area contributed by atoms with Gasteiger partial charge in [0.1, 0.15) is 12.4 Å². The van der Waals surface area contributed by atoms with E-state index in [2.05, 4.69) is 41.9 Å². The summed E-state index contributed by atoms with van der Waals surface area (Å²) in [7, 11) is 0. The molecule has 0 saturated carbocycles. The highest BCUT2D eigenvalue weighted by molar-refractivity contribution is 5.93. The Morgan fingerprint density at radius 3 is 2.75 bits per heavy atom. The van der Waals surface area contributed by atoms with E-state index in [0.717, 1.165) is 16.8 Å². The Morgan fingerprint density at radius 2 is 1.75 bits per heavy atom. The van der Waals surface area contributed by atoms with Crippen LogP contribution in [-0.2, 0) is 0 Å². The normalized spacial score (nSPS) is 13.5. The summed E-state index contributed by atoms with van der Waals surface area (Å²) in [5.74, 6) is 0.911. The molecule has 2 aromatic carbocycles. The molecule has 2 nitrogen and oxygen atoms in total. The summed E-state index contributed by atoms with van der Waals surface area (Å²) in [6, 6.07) is 18.5. The van der Waals surface area contributed by atoms with Crippen LogP contribution in [-0.4, -0.2) is 4.98 Å². The molecule has 0 aliphatic carbocycles. The van der Waals surface area contributed by atoms with Gasteiger partial charge >= 0.3 is 0 Å². The standard InChI is InChI=1S/C18H12N2/c1-2-7-16-13-20(12-10-14(16)5-1)18-17-8-4-3-6-15(17)9-11-19-18/h1-12H. The molecule has 3 aromatic rings. The van der Waals surface area contributed by atoms with Crippen molar-refractivity contribution in [2.45, 2.75) is 0 Å². The van der Waals surface area contributed by atoms with Gasteiger partial charge in [0.15, 0.2) is 0 Å². The lowest BCUT2D eigenvalue weighted by molar-refractivity contribution is 1.11. The number of hydrogen-bond acceptors (Lipinski definition) is 2. The molecule has 0 atom stereocenters. The van der Waals surface area contributed by atoms with Crippen LogP contribution in [0.2, 0.25) is 0 Å². The van der Waals surface area contributed by atoms with Crippen LogP contribution in [0.4, 0.5) is 5.82 Å². The molecule has 0 spiro atoms. The van der Waals surface area contributed by atoms with Crippen LogP contribution in [0, 0.1) is 6.54 Å². The second-order valence-corrected chi connectivity index (χ2v) is 4.74. The lowest BCUT2D eigenvalue weighted by Gasteiger charge is -2.24. The second-order valence-electron chi connectivity index (χ2n) is 4.74. The molecule has 4 rings (SSSR count). The van der Waals surface area contributed by atoms with Gasteiger partial charge in [-0.3, -0.25) is 0 Å². The Balaban J connectivity index is 1.82. The summed E-state index contributed by atoms with van der Waals surface area (Å²) in [4.78, 5) is 6.48. The number of aromatic nitrogens is 1. The summed E-state index contributed by atoms with van der Waals surface area (Å²) in [5.41, 5.74) is 2.27. The fourth-order valence-electron chi connectivity index (χ4n) is 2.49. The smallest absolute Gasteiger partial charge is 0.141 e. The fourth-order valence-corrected chi connectivity index (χ4v) is 2.49. The summed E-state index contributed by atoms with van der Waals surface area (Å²) < 4.78 is 0. The van der Waals surface area contributed by atoms with Crippen LogP contribution in [0.5, 0.6) is 0 Å². The highest BCUT2D eigenvalue weighted by Gasteiger charge is 2.15. The third-order valence-electron chi connectivity index (χ3n) is 3.49. The fraction of sp³-hybridized carbons (Fsp3) is 0. The number of fused-ring (bicyclic) bond motifs is 2. The maximum Gasteiger partial charge on any atom is 0.141 e. The van der Waals surface area contributed by atoms with Gasteiger partial charge < -0.3 is 4.90 Å². The van der Waals surface area contributed by atoms with Crippen molar-refractivity contribution >= 4 is 22.7 Å². The zero-order chi connectivity index (χ0) is 13.4. The first kappa shape index (κ1) is 11.2. The topological polar surface area (TPSA) is 16.1 Å². The number of anilines is 1. The summed E-state index contributed by atoms with van der Waals surface area (Å²) >= 11 is 0. The maximum atomic E-state index is 4.52. The highest BCUT2D eigenvalue weighted by atomic mass is 15.2. The predicted molar refractivity (Wildman–Crippen MR) is 82.0 cm³/mol. The maximum absolute atomic E-state index is 4.52. The zero-order valence-corrected chi connectivity index (χ0v) is 10.8. The van der Waals surface area contributed by atoms with Crippen molar-refractivity contribution in [3.63, 3.8) is 0 Å². The van der Waals surface area contributed by atoms with Crippen molar-refractivity contribution in [1.29, 1.82) is 0 Å². The van der Waals surface area contributed by atoms with Crippen molar-refractivity contribution in [2.24, 2.45) is 0 Å². The Hall–Kier alpha value is -2.61. The minimum Gasteiger partial charge on any atom is -0.316 e. The highest BCUT2D eigenvalue weighted by Crippen LogP contribution is 2.30. The average molecular weight is 256 g/mol. The lowest BCUT2D eigenvalue weighted by Crippen LogP contribution is -2.18. The predicted octanol–water partition coefficient (Wildman–Crippen LogP) is 4.11. The van der Waals surface area contributed by atoms with Crippen LogP contribution in [0.1, 0.15) is 11.1 Å². The van der Waals surface area contributed by atoms with Gasteiger partial charge in [0.25, 0.3) is 0 Å². The van der Waals surface area contributed by atoms with Crippen molar-refractivity contribution < 1.29 is 0 Å². The third-order valence-corrected chi connectivity index (χ3v) is 3.49. The van der Waals surface area contributed by atoms with E-state index in [9.17, 15) is 0 Å². The summed E-state index contributed by atoms with van der Waals surface area (Å²) in [6.07, 6.45) is 5.94. The molecule has 1 aliphatic rings. The van der Waals surface area contributed by atoms with Crippen LogP contribution in [0.15, 0.2) is 67.0 Å². The van der Waals surface area contributed by atoms with Gasteiger partial charge in [0.2, 0.25) is 0 Å². The molecular weight excluding hydrogens is 244 g/mol. The van der Waals surface area contributed by atoms with Gasteiger partial charge in [-0.25, -0.2) is 4.98 Å². The first-order valence-corrected chi connectivity index (χ1v) is 6.59. The molecule has 94 valence electrons. The van der Waals surface area contributed by atoms with Crippen molar-refractivity contribution in [3.8, 4) is 0 Å². The molecule has 0 unspecified atom stereocenters. The van der Waals surface area contributed by atoms with E-state index < -0.39 is 0 Å². The van der Waals surface area contributed by atoms with Crippen LogP contribution in [0.25, 0.3) is 16.8 Å². The Bertz CT molecular complexity index is 800. The molecule has 0 saturated heterocycles. The van der Waals surface area contributed by atoms with Crippen LogP contribution >= 0.6 is 0 Å². The van der Waals surface area contributed by atoms with Crippen molar-refractivity contribution in [1.82, 2.24) is 4.98 Å². The largest absolute Gasteiger partial charge is 0.316 e. The van der Waals surface area contributed by atoms with Crippen LogP contribution in [0.3, 0.4) is 0 Å². The molecule has 2 heteroatoms. The molecule has 2 heterocycles. The molecule has 1 aromatic heterocycles. The molecule has 0 fully saturated rings. The quantitative estimate of drug-likeness (QED) is 0.651. The van der Waals surface area contributed by atoms with Gasteiger partial charge in [-0.1, -0.05) is 48.5 Å². The molecular formula is C18H12N2. The number of benzene rings is 2. The van der Waals surface area contributed by atoms with Crippen molar-refractivity contribution in [2.75, 3.05) is 4.90 Å². The Morgan fingerprint density at radius 1 is 0.900 bits per heavy atom. The first-order chi connectivity index (χ1) is 9.92. The SMILES string of the molecule is [C]1c2ccccc2C=CN1c1nccc2ccccc12. The average Bonchev–Trinajstić information content (AvgIpc) is 2.54. The van der Waals surface area contributed by atoms with Gasteiger partial charge in [0, 0.05) is 17.8 Å². The van der Waals surface area contributed by atoms with E-state index in [4.69, 9.17) is 0 Å².